The quantitative estimate of drug-likeness (QED) is 0.369. The fourth-order valence-electron chi connectivity index (χ4n) is 3.33. The van der Waals surface area contributed by atoms with Crippen molar-refractivity contribution in [2.45, 2.75) is 26.4 Å². The molecule has 0 aromatic heterocycles. The van der Waals surface area contributed by atoms with Crippen LogP contribution in [0.4, 0.5) is 13.2 Å². The maximum atomic E-state index is 12.5. The zero-order chi connectivity index (χ0) is 18.4. The van der Waals surface area contributed by atoms with Crippen molar-refractivity contribution in [3.63, 3.8) is 0 Å². The van der Waals surface area contributed by atoms with Crippen molar-refractivity contribution in [1.82, 2.24) is 20.0 Å². The van der Waals surface area contributed by atoms with Gasteiger partial charge in [-0.15, -0.1) is 24.0 Å². The topological polar surface area (TPSA) is 51.2 Å². The zero-order valence-electron chi connectivity index (χ0n) is 15.4. The first-order valence-electron chi connectivity index (χ1n) is 8.86. The molecule has 2 saturated heterocycles. The zero-order valence-corrected chi connectivity index (χ0v) is 17.7. The van der Waals surface area contributed by atoms with Crippen LogP contribution < -0.4 is 5.32 Å². The number of piperazine rings is 1. The highest BCUT2D eigenvalue weighted by molar-refractivity contribution is 14.0. The van der Waals surface area contributed by atoms with Crippen LogP contribution in [0.1, 0.15) is 20.3 Å². The van der Waals surface area contributed by atoms with Gasteiger partial charge in [-0.25, -0.2) is 0 Å². The molecule has 0 spiro atoms. The predicted octanol–water partition coefficient (Wildman–Crippen LogP) is 1.62. The van der Waals surface area contributed by atoms with Gasteiger partial charge in [0.25, 0.3) is 0 Å². The van der Waals surface area contributed by atoms with Crippen LogP contribution in [0.25, 0.3) is 0 Å². The lowest BCUT2D eigenvalue weighted by Gasteiger charge is -2.36. The van der Waals surface area contributed by atoms with Gasteiger partial charge in [-0.3, -0.25) is 14.7 Å². The van der Waals surface area contributed by atoms with Crippen LogP contribution in [0.3, 0.4) is 0 Å². The molecule has 2 aliphatic heterocycles. The number of hydrogen-bond donors (Lipinski definition) is 1. The number of aliphatic imine (C=N–C) groups is 1. The Labute approximate surface area is 170 Å². The molecule has 10 heteroatoms. The van der Waals surface area contributed by atoms with Crippen LogP contribution >= 0.6 is 24.0 Å². The highest BCUT2D eigenvalue weighted by Crippen LogP contribution is 2.23. The molecule has 0 saturated carbocycles. The number of halogens is 4. The van der Waals surface area contributed by atoms with Crippen molar-refractivity contribution in [2.75, 3.05) is 58.9 Å². The van der Waals surface area contributed by atoms with E-state index in [1.165, 1.54) is 4.90 Å². The molecule has 0 aromatic carbocycles. The van der Waals surface area contributed by atoms with Gasteiger partial charge in [0.2, 0.25) is 5.91 Å². The Bertz CT molecular complexity index is 481. The Morgan fingerprint density at radius 1 is 1.15 bits per heavy atom. The molecule has 152 valence electrons. The van der Waals surface area contributed by atoms with Crippen LogP contribution in [0, 0.1) is 5.92 Å². The lowest BCUT2D eigenvalue weighted by molar-refractivity contribution is -0.143. The minimum absolute atomic E-state index is 0. The fraction of sp³-hybridized carbons (Fsp3) is 0.875. The number of nitrogens with one attached hydrogen (secondary N) is 1. The molecule has 0 radical (unpaired) electrons. The monoisotopic (exact) mass is 491 g/mol. The Morgan fingerprint density at radius 2 is 1.77 bits per heavy atom. The van der Waals surface area contributed by atoms with Crippen molar-refractivity contribution < 1.29 is 18.0 Å². The van der Waals surface area contributed by atoms with Crippen molar-refractivity contribution >= 4 is 35.8 Å². The predicted molar refractivity (Wildman–Crippen MR) is 106 cm³/mol. The SMILES string of the molecule is CCNC(=NCC1CCN(CC(F)(F)F)C1)N1CCN(C(C)=O)CC1.I. The highest BCUT2D eigenvalue weighted by atomic mass is 127. The Balaban J connectivity index is 0.00000338. The lowest BCUT2D eigenvalue weighted by atomic mass is 10.1. The van der Waals surface area contributed by atoms with Crippen LogP contribution in [0.15, 0.2) is 4.99 Å². The fourth-order valence-corrected chi connectivity index (χ4v) is 3.33. The van der Waals surface area contributed by atoms with Crippen LogP contribution in [-0.4, -0.2) is 91.6 Å². The number of nitrogens with zero attached hydrogens (tertiary/aromatic N) is 4. The van der Waals surface area contributed by atoms with Crippen LogP contribution in [0.5, 0.6) is 0 Å². The average Bonchev–Trinajstić information content (AvgIpc) is 2.97. The summed E-state index contributed by atoms with van der Waals surface area (Å²) in [7, 11) is 0. The minimum atomic E-state index is -4.14. The first kappa shape index (κ1) is 23.3. The maximum Gasteiger partial charge on any atom is 0.401 e. The van der Waals surface area contributed by atoms with Gasteiger partial charge in [0.05, 0.1) is 6.54 Å². The van der Waals surface area contributed by atoms with E-state index in [1.807, 2.05) is 11.8 Å². The molecule has 1 atom stereocenters. The summed E-state index contributed by atoms with van der Waals surface area (Å²) in [4.78, 5) is 21.4. The van der Waals surface area contributed by atoms with Gasteiger partial charge in [0.15, 0.2) is 5.96 Å². The molecule has 2 heterocycles. The van der Waals surface area contributed by atoms with Gasteiger partial charge >= 0.3 is 6.18 Å². The van der Waals surface area contributed by atoms with E-state index < -0.39 is 12.7 Å². The largest absolute Gasteiger partial charge is 0.401 e. The van der Waals surface area contributed by atoms with Gasteiger partial charge in [0, 0.05) is 52.7 Å². The van der Waals surface area contributed by atoms with E-state index in [9.17, 15) is 18.0 Å². The summed E-state index contributed by atoms with van der Waals surface area (Å²) in [5, 5.41) is 3.25. The molecule has 0 bridgehead atoms. The molecule has 1 unspecified atom stereocenters. The molecule has 1 N–H and O–H groups in total. The summed E-state index contributed by atoms with van der Waals surface area (Å²) in [6, 6.07) is 0. The summed E-state index contributed by atoms with van der Waals surface area (Å²) in [6.07, 6.45) is -3.39. The standard InChI is InChI=1S/C16H28F3N5O.HI/c1-3-20-15(24-8-6-23(7-9-24)13(2)25)21-10-14-4-5-22(11-14)12-16(17,18)19;/h14H,3-12H2,1-2H3,(H,20,21);1H. The number of alkyl halides is 3. The van der Waals surface area contributed by atoms with Crippen molar-refractivity contribution in [1.29, 1.82) is 0 Å². The van der Waals surface area contributed by atoms with E-state index >= 15 is 0 Å². The Kier molecular flexibility index (Phi) is 9.42. The normalized spacial score (nSPS) is 22.3. The second kappa shape index (κ2) is 10.5. The van der Waals surface area contributed by atoms with Crippen LogP contribution in [-0.2, 0) is 4.79 Å². The number of rotatable bonds is 4. The summed E-state index contributed by atoms with van der Waals surface area (Å²) >= 11 is 0. The Morgan fingerprint density at radius 3 is 2.31 bits per heavy atom. The van der Waals surface area contributed by atoms with E-state index in [0.29, 0.717) is 32.7 Å². The molecule has 0 aromatic rings. The van der Waals surface area contributed by atoms with E-state index in [-0.39, 0.29) is 35.8 Å². The third-order valence-electron chi connectivity index (χ3n) is 4.63. The van der Waals surface area contributed by atoms with Crippen molar-refractivity contribution in [3.8, 4) is 0 Å². The molecule has 26 heavy (non-hydrogen) atoms. The first-order valence-corrected chi connectivity index (χ1v) is 8.86. The summed E-state index contributed by atoms with van der Waals surface area (Å²) < 4.78 is 37.4. The summed E-state index contributed by atoms with van der Waals surface area (Å²) in [5.74, 6) is 1.03. The second-order valence-electron chi connectivity index (χ2n) is 6.69. The van der Waals surface area contributed by atoms with Crippen LogP contribution in [0.2, 0.25) is 0 Å². The number of amides is 1. The molecule has 2 rings (SSSR count). The van der Waals surface area contributed by atoms with E-state index in [1.54, 1.807) is 6.92 Å². The Hall–Kier alpha value is -0.780. The third kappa shape index (κ3) is 7.45. The second-order valence-corrected chi connectivity index (χ2v) is 6.69. The lowest BCUT2D eigenvalue weighted by Crippen LogP contribution is -2.53. The molecule has 1 amide bonds. The molecule has 6 nitrogen and oxygen atoms in total. The molecule has 2 fully saturated rings. The first-order chi connectivity index (χ1) is 11.8. The number of carbonyl (C=O) groups is 1. The van der Waals surface area contributed by atoms with Gasteiger partial charge in [0.1, 0.15) is 0 Å². The summed E-state index contributed by atoms with van der Waals surface area (Å²) in [5.41, 5.74) is 0. The molecule has 0 aliphatic carbocycles. The number of guanidine groups is 1. The van der Waals surface area contributed by atoms with Gasteiger partial charge in [-0.2, -0.15) is 13.2 Å². The summed E-state index contributed by atoms with van der Waals surface area (Å²) in [6.45, 7) is 7.69. The van der Waals surface area contributed by atoms with E-state index in [4.69, 9.17) is 0 Å². The van der Waals surface area contributed by atoms with E-state index in [0.717, 1.165) is 32.0 Å². The van der Waals surface area contributed by atoms with Gasteiger partial charge < -0.3 is 15.1 Å². The van der Waals surface area contributed by atoms with Gasteiger partial charge in [-0.05, 0) is 25.8 Å². The third-order valence-corrected chi connectivity index (χ3v) is 4.63. The van der Waals surface area contributed by atoms with Gasteiger partial charge in [-0.1, -0.05) is 0 Å². The highest BCUT2D eigenvalue weighted by Gasteiger charge is 2.34. The average molecular weight is 491 g/mol. The number of likely N-dealkylation sites (tertiary alicyclic amines) is 1. The maximum absolute atomic E-state index is 12.5. The minimum Gasteiger partial charge on any atom is -0.357 e. The van der Waals surface area contributed by atoms with Crippen molar-refractivity contribution in [3.05, 3.63) is 0 Å². The van der Waals surface area contributed by atoms with Crippen molar-refractivity contribution in [2.24, 2.45) is 10.9 Å². The number of carbonyl (C=O) groups excluding carboxylic acids is 1. The molecule has 2 aliphatic rings. The smallest absolute Gasteiger partial charge is 0.357 e. The van der Waals surface area contributed by atoms with E-state index in [2.05, 4.69) is 15.2 Å². The number of hydrogen-bond acceptors (Lipinski definition) is 3. The molecular weight excluding hydrogens is 462 g/mol. The molecular formula is C16H29F3IN5O.